The predicted molar refractivity (Wildman–Crippen MR) is 93.3 cm³/mol. The number of ether oxygens (including phenoxy) is 1. The molecule has 0 unspecified atom stereocenters. The maximum absolute atomic E-state index is 9.01. The number of nitrogens with one attached hydrogen (secondary N) is 1. The van der Waals surface area contributed by atoms with E-state index in [1.54, 1.807) is 0 Å². The van der Waals surface area contributed by atoms with E-state index in [2.05, 4.69) is 69.2 Å². The number of nitrogens with zero attached hydrogens (tertiary/aromatic N) is 1. The molecule has 0 spiro atoms. The molecule has 0 aliphatic carbocycles. The molecule has 3 nitrogen and oxygen atoms in total. The Bertz CT molecular complexity index is 498. The highest BCUT2D eigenvalue weighted by Gasteiger charge is 2.17. The molecule has 1 aromatic rings. The van der Waals surface area contributed by atoms with Gasteiger partial charge in [0.2, 0.25) is 0 Å². The SMILES string of the molecule is CC(C)NCc1cc(Br)c(OCCC(C)(C)C#N)c(Br)c1. The number of hydrogen-bond donors (Lipinski definition) is 1. The van der Waals surface area contributed by atoms with Crippen LogP contribution in [0.4, 0.5) is 0 Å². The van der Waals surface area contributed by atoms with Gasteiger partial charge in [-0.1, -0.05) is 13.8 Å². The number of hydrogen-bond acceptors (Lipinski definition) is 3. The summed E-state index contributed by atoms with van der Waals surface area (Å²) >= 11 is 7.11. The van der Waals surface area contributed by atoms with Gasteiger partial charge in [0.15, 0.2) is 0 Å². The van der Waals surface area contributed by atoms with E-state index in [0.717, 1.165) is 21.2 Å². The fraction of sp³-hybridized carbons (Fsp3) is 0.562. The van der Waals surface area contributed by atoms with E-state index in [0.29, 0.717) is 19.1 Å². The van der Waals surface area contributed by atoms with E-state index in [9.17, 15) is 0 Å². The van der Waals surface area contributed by atoms with Gasteiger partial charge in [-0.05, 0) is 69.8 Å². The monoisotopic (exact) mass is 416 g/mol. The van der Waals surface area contributed by atoms with Crippen LogP contribution in [0.2, 0.25) is 0 Å². The molecule has 0 heterocycles. The second-order valence-corrected chi connectivity index (χ2v) is 7.73. The Morgan fingerprint density at radius 3 is 2.33 bits per heavy atom. The fourth-order valence-corrected chi connectivity index (χ4v) is 3.15. The Morgan fingerprint density at radius 1 is 1.29 bits per heavy atom. The Morgan fingerprint density at radius 2 is 1.86 bits per heavy atom. The molecule has 1 N–H and O–H groups in total. The Balaban J connectivity index is 2.70. The van der Waals surface area contributed by atoms with E-state index in [1.165, 1.54) is 5.56 Å². The van der Waals surface area contributed by atoms with E-state index >= 15 is 0 Å². The zero-order valence-electron chi connectivity index (χ0n) is 13.0. The third-order valence-electron chi connectivity index (χ3n) is 3.05. The number of halogens is 2. The number of benzene rings is 1. The van der Waals surface area contributed by atoms with Crippen LogP contribution < -0.4 is 10.1 Å². The minimum Gasteiger partial charge on any atom is -0.491 e. The summed E-state index contributed by atoms with van der Waals surface area (Å²) < 4.78 is 7.67. The van der Waals surface area contributed by atoms with Crippen molar-refractivity contribution >= 4 is 31.9 Å². The largest absolute Gasteiger partial charge is 0.491 e. The van der Waals surface area contributed by atoms with Crippen LogP contribution in [-0.4, -0.2) is 12.6 Å². The lowest BCUT2D eigenvalue weighted by molar-refractivity contribution is 0.261. The number of nitriles is 1. The molecule has 0 saturated heterocycles. The first-order chi connectivity index (χ1) is 9.75. The quantitative estimate of drug-likeness (QED) is 0.676. The fourth-order valence-electron chi connectivity index (χ4n) is 1.64. The lowest BCUT2D eigenvalue weighted by Gasteiger charge is -2.17. The standard InChI is InChI=1S/C16H22Br2N2O/c1-11(2)20-9-12-7-13(17)15(14(18)8-12)21-6-5-16(3,4)10-19/h7-8,11,20H,5-6,9H2,1-4H3. The van der Waals surface area contributed by atoms with Crippen molar-refractivity contribution in [1.82, 2.24) is 5.32 Å². The smallest absolute Gasteiger partial charge is 0.147 e. The van der Waals surface area contributed by atoms with Gasteiger partial charge in [-0.15, -0.1) is 0 Å². The molecule has 0 aromatic heterocycles. The van der Waals surface area contributed by atoms with Crippen molar-refractivity contribution in [3.05, 3.63) is 26.6 Å². The van der Waals surface area contributed by atoms with Gasteiger partial charge in [0.05, 0.1) is 27.0 Å². The van der Waals surface area contributed by atoms with Crippen LogP contribution in [0.3, 0.4) is 0 Å². The summed E-state index contributed by atoms with van der Waals surface area (Å²) in [6.45, 7) is 9.41. The second kappa shape index (κ2) is 8.17. The van der Waals surface area contributed by atoms with Crippen LogP contribution in [0.25, 0.3) is 0 Å². The van der Waals surface area contributed by atoms with Gasteiger partial charge in [-0.3, -0.25) is 0 Å². The zero-order chi connectivity index (χ0) is 16.0. The van der Waals surface area contributed by atoms with Gasteiger partial charge in [0.1, 0.15) is 5.75 Å². The molecule has 1 aromatic carbocycles. The van der Waals surface area contributed by atoms with Crippen LogP contribution in [-0.2, 0) is 6.54 Å². The molecule has 21 heavy (non-hydrogen) atoms. The third kappa shape index (κ3) is 6.37. The van der Waals surface area contributed by atoms with E-state index in [-0.39, 0.29) is 5.41 Å². The molecule has 1 rings (SSSR count). The average molecular weight is 418 g/mol. The molecule has 5 heteroatoms. The molecule has 0 atom stereocenters. The van der Waals surface area contributed by atoms with Crippen LogP contribution in [0.15, 0.2) is 21.1 Å². The van der Waals surface area contributed by atoms with Crippen LogP contribution >= 0.6 is 31.9 Å². The minimum absolute atomic E-state index is 0.361. The first-order valence-corrected chi connectivity index (χ1v) is 8.59. The first kappa shape index (κ1) is 18.5. The highest BCUT2D eigenvalue weighted by molar-refractivity contribution is 9.11. The Hall–Kier alpha value is -0.570. The minimum atomic E-state index is -0.361. The van der Waals surface area contributed by atoms with Crippen LogP contribution in [0.1, 0.15) is 39.7 Å². The first-order valence-electron chi connectivity index (χ1n) is 7.00. The van der Waals surface area contributed by atoms with Crippen molar-refractivity contribution in [2.24, 2.45) is 5.41 Å². The van der Waals surface area contributed by atoms with Gasteiger partial charge in [0, 0.05) is 12.6 Å². The Kier molecular flexibility index (Phi) is 7.19. The van der Waals surface area contributed by atoms with E-state index < -0.39 is 0 Å². The lowest BCUT2D eigenvalue weighted by Crippen LogP contribution is -2.21. The number of rotatable bonds is 7. The van der Waals surface area contributed by atoms with Gasteiger partial charge in [-0.2, -0.15) is 5.26 Å². The molecular weight excluding hydrogens is 396 g/mol. The third-order valence-corrected chi connectivity index (χ3v) is 4.23. The summed E-state index contributed by atoms with van der Waals surface area (Å²) in [5, 5.41) is 12.4. The van der Waals surface area contributed by atoms with Crippen molar-refractivity contribution in [2.45, 2.75) is 46.7 Å². The second-order valence-electron chi connectivity index (χ2n) is 6.02. The van der Waals surface area contributed by atoms with Crippen molar-refractivity contribution in [3.63, 3.8) is 0 Å². The molecule has 0 bridgehead atoms. The highest BCUT2D eigenvalue weighted by Crippen LogP contribution is 2.35. The summed E-state index contributed by atoms with van der Waals surface area (Å²) in [6.07, 6.45) is 0.693. The van der Waals surface area contributed by atoms with Gasteiger partial charge in [-0.25, -0.2) is 0 Å². The topological polar surface area (TPSA) is 45.0 Å². The van der Waals surface area contributed by atoms with Crippen molar-refractivity contribution < 1.29 is 4.74 Å². The van der Waals surface area contributed by atoms with Crippen molar-refractivity contribution in [3.8, 4) is 11.8 Å². The molecule has 0 amide bonds. The molecule has 0 aliphatic rings. The lowest BCUT2D eigenvalue weighted by atomic mass is 9.92. The van der Waals surface area contributed by atoms with Gasteiger partial charge < -0.3 is 10.1 Å². The molecule has 0 radical (unpaired) electrons. The predicted octanol–water partition coefficient (Wildman–Crippen LogP) is 5.03. The molecular formula is C16H22Br2N2O. The summed E-state index contributed by atoms with van der Waals surface area (Å²) in [6, 6.07) is 6.85. The van der Waals surface area contributed by atoms with Gasteiger partial charge >= 0.3 is 0 Å². The van der Waals surface area contributed by atoms with E-state index in [4.69, 9.17) is 10.00 Å². The van der Waals surface area contributed by atoms with Gasteiger partial charge in [0.25, 0.3) is 0 Å². The van der Waals surface area contributed by atoms with Crippen LogP contribution in [0.5, 0.6) is 5.75 Å². The highest BCUT2D eigenvalue weighted by atomic mass is 79.9. The van der Waals surface area contributed by atoms with Crippen LogP contribution in [0, 0.1) is 16.7 Å². The maximum atomic E-state index is 9.01. The Labute approximate surface area is 144 Å². The van der Waals surface area contributed by atoms with Crippen molar-refractivity contribution in [1.29, 1.82) is 5.26 Å². The zero-order valence-corrected chi connectivity index (χ0v) is 16.1. The summed E-state index contributed by atoms with van der Waals surface area (Å²) in [5.41, 5.74) is 0.826. The molecule has 0 aliphatic heterocycles. The maximum Gasteiger partial charge on any atom is 0.147 e. The summed E-state index contributed by atoms with van der Waals surface area (Å²) in [7, 11) is 0. The molecule has 0 fully saturated rings. The molecule has 116 valence electrons. The summed E-state index contributed by atoms with van der Waals surface area (Å²) in [5.74, 6) is 0.789. The normalized spacial score (nSPS) is 11.5. The van der Waals surface area contributed by atoms with E-state index in [1.807, 2.05) is 13.8 Å². The molecule has 0 saturated carbocycles. The average Bonchev–Trinajstić information content (AvgIpc) is 2.39. The summed E-state index contributed by atoms with van der Waals surface area (Å²) in [4.78, 5) is 0. The van der Waals surface area contributed by atoms with Crippen molar-refractivity contribution in [2.75, 3.05) is 6.61 Å².